The molecule has 15 aromatic rings. The first kappa shape index (κ1) is 49.7. The number of pyridine rings is 2. The molecule has 0 unspecified atom stereocenters. The summed E-state index contributed by atoms with van der Waals surface area (Å²) in [7, 11) is 0. The average Bonchev–Trinajstić information content (AvgIpc) is 2.68. The van der Waals surface area contributed by atoms with Gasteiger partial charge in [0.1, 0.15) is 0 Å². The third kappa shape index (κ3) is 9.53. The van der Waals surface area contributed by atoms with Gasteiger partial charge in [0, 0.05) is 69.3 Å². The number of hydrogen-bond donors (Lipinski definition) is 0. The summed E-state index contributed by atoms with van der Waals surface area (Å²) in [6.45, 7) is 0. The van der Waals surface area contributed by atoms with E-state index in [2.05, 4.69) is 259 Å². The van der Waals surface area contributed by atoms with Gasteiger partial charge in [-0.05, 0) is 131 Å². The highest BCUT2D eigenvalue weighted by Crippen LogP contribution is 2.42. The van der Waals surface area contributed by atoms with Gasteiger partial charge in [-0.1, -0.05) is 224 Å². The van der Waals surface area contributed by atoms with E-state index in [-0.39, 0.29) is 0 Å². The Kier molecular flexibility index (Phi) is 12.8. The fraction of sp³-hybridized carbons (Fsp3) is 0. The van der Waals surface area contributed by atoms with E-state index in [0.29, 0.717) is 11.6 Å². The van der Waals surface area contributed by atoms with Crippen molar-refractivity contribution in [1.29, 1.82) is 0 Å². The zero-order valence-electron chi connectivity index (χ0n) is 45.6. The Morgan fingerprint density at radius 2 is 0.536 bits per heavy atom. The quantitative estimate of drug-likeness (QED) is 0.128. The van der Waals surface area contributed by atoms with Gasteiger partial charge in [0.15, 0.2) is 11.6 Å². The van der Waals surface area contributed by atoms with E-state index in [1.807, 2.05) is 42.7 Å². The standard InChI is InChI=1S/C78H50N6/c1-2-18-52(19-3-1)77-81-73(57-25-8-21-53(43-57)61-29-15-41-79-49-61)47-74(82-77)59-27-11-24-56(46-59)65-35-13-37-68-66(65)36-14-38-69(68)71-39-40-72(70-33-7-6-32-67(70)71)78-83-75(58-26-9-22-54(44-58)62-30-16-42-80-50-62)48-76(84-78)60-28-10-23-55(45-60)64-34-12-20-51-17-4-5-31-63(51)64/h1-50H. The predicted octanol–water partition coefficient (Wildman–Crippen LogP) is 19.9. The SMILES string of the molecule is c1ccc(-c2nc(-c3cccc(-c4cccnc4)c3)cc(-c3cccc(-c4cccc5c(-c6ccc(-c7nc(-c8cccc(-c9cccnc9)c8)cc(-c8cccc(-c9cccc%10ccccc9%10)c8)n7)c7ccccc67)cccc45)c3)n2)cc1. The monoisotopic (exact) mass is 1070 g/mol. The smallest absolute Gasteiger partial charge is 0.161 e. The van der Waals surface area contributed by atoms with Crippen molar-refractivity contribution in [2.24, 2.45) is 0 Å². The van der Waals surface area contributed by atoms with Crippen LogP contribution in [0.25, 0.3) is 156 Å². The first-order valence-corrected chi connectivity index (χ1v) is 28.2. The van der Waals surface area contributed by atoms with E-state index in [1.54, 1.807) is 12.4 Å². The third-order valence-electron chi connectivity index (χ3n) is 15.9. The maximum absolute atomic E-state index is 5.48. The van der Waals surface area contributed by atoms with Crippen LogP contribution < -0.4 is 0 Å². The Hall–Kier alpha value is -11.3. The topological polar surface area (TPSA) is 77.3 Å². The number of aromatic nitrogens is 6. The Morgan fingerprint density at radius 1 is 0.190 bits per heavy atom. The summed E-state index contributed by atoms with van der Waals surface area (Å²) in [6.07, 6.45) is 7.40. The minimum atomic E-state index is 0.651. The van der Waals surface area contributed by atoms with Crippen LogP contribution in [0.5, 0.6) is 0 Å². The lowest BCUT2D eigenvalue weighted by Crippen LogP contribution is -1.97. The third-order valence-corrected chi connectivity index (χ3v) is 15.9. The molecule has 0 aliphatic heterocycles. The Bertz CT molecular complexity index is 4960. The van der Waals surface area contributed by atoms with Crippen LogP contribution in [-0.2, 0) is 0 Å². The molecule has 0 radical (unpaired) electrons. The van der Waals surface area contributed by atoms with E-state index >= 15 is 0 Å². The van der Waals surface area contributed by atoms with Crippen molar-refractivity contribution in [3.8, 4) is 123 Å². The summed E-state index contributed by atoms with van der Waals surface area (Å²) in [4.78, 5) is 30.1. The summed E-state index contributed by atoms with van der Waals surface area (Å²) < 4.78 is 0. The van der Waals surface area contributed by atoms with Crippen LogP contribution >= 0.6 is 0 Å². The van der Waals surface area contributed by atoms with Gasteiger partial charge in [-0.3, -0.25) is 9.97 Å². The van der Waals surface area contributed by atoms with Crippen LogP contribution in [0.4, 0.5) is 0 Å². The van der Waals surface area contributed by atoms with E-state index < -0.39 is 0 Å². The zero-order chi connectivity index (χ0) is 55.8. The lowest BCUT2D eigenvalue weighted by Gasteiger charge is -2.16. The molecule has 11 aromatic carbocycles. The predicted molar refractivity (Wildman–Crippen MR) is 346 cm³/mol. The number of fused-ring (bicyclic) bond motifs is 3. The van der Waals surface area contributed by atoms with Crippen molar-refractivity contribution in [2.45, 2.75) is 0 Å². The highest BCUT2D eigenvalue weighted by molar-refractivity contribution is 6.12. The number of hydrogen-bond acceptors (Lipinski definition) is 6. The minimum Gasteiger partial charge on any atom is -0.264 e. The number of rotatable bonds is 11. The van der Waals surface area contributed by atoms with Gasteiger partial charge in [0.05, 0.1) is 22.8 Å². The maximum atomic E-state index is 5.48. The molecule has 84 heavy (non-hydrogen) atoms. The molecule has 0 amide bonds. The van der Waals surface area contributed by atoms with E-state index in [4.69, 9.17) is 19.9 Å². The van der Waals surface area contributed by atoms with Crippen molar-refractivity contribution < 1.29 is 0 Å². The molecular formula is C78H50N6. The second kappa shape index (κ2) is 21.6. The molecule has 0 saturated carbocycles. The molecule has 6 nitrogen and oxygen atoms in total. The van der Waals surface area contributed by atoms with Crippen LogP contribution in [0.1, 0.15) is 0 Å². The second-order valence-corrected chi connectivity index (χ2v) is 21.0. The van der Waals surface area contributed by atoms with Gasteiger partial charge in [-0.15, -0.1) is 0 Å². The van der Waals surface area contributed by atoms with Crippen LogP contribution in [0.2, 0.25) is 0 Å². The molecule has 0 atom stereocenters. The average molecular weight is 1070 g/mol. The summed E-state index contributed by atoms with van der Waals surface area (Å²) in [6, 6.07) is 98.6. The van der Waals surface area contributed by atoms with Crippen LogP contribution in [0.15, 0.2) is 304 Å². The van der Waals surface area contributed by atoms with Crippen LogP contribution in [0, 0.1) is 0 Å². The van der Waals surface area contributed by atoms with Gasteiger partial charge in [0.2, 0.25) is 0 Å². The molecule has 4 aromatic heterocycles. The van der Waals surface area contributed by atoms with Gasteiger partial charge in [0.25, 0.3) is 0 Å². The van der Waals surface area contributed by atoms with E-state index in [0.717, 1.165) is 128 Å². The number of benzene rings is 11. The van der Waals surface area contributed by atoms with E-state index in [1.165, 1.54) is 16.3 Å². The minimum absolute atomic E-state index is 0.651. The fourth-order valence-corrected chi connectivity index (χ4v) is 11.8. The van der Waals surface area contributed by atoms with Crippen LogP contribution in [-0.4, -0.2) is 29.9 Å². The highest BCUT2D eigenvalue weighted by Gasteiger charge is 2.19. The van der Waals surface area contributed by atoms with Crippen molar-refractivity contribution in [1.82, 2.24) is 29.9 Å². The molecule has 0 fully saturated rings. The highest BCUT2D eigenvalue weighted by atomic mass is 14.9. The van der Waals surface area contributed by atoms with Gasteiger partial charge in [-0.2, -0.15) is 0 Å². The molecule has 0 bridgehead atoms. The van der Waals surface area contributed by atoms with Gasteiger partial charge >= 0.3 is 0 Å². The van der Waals surface area contributed by atoms with Crippen molar-refractivity contribution in [3.05, 3.63) is 304 Å². The molecule has 0 saturated heterocycles. The summed E-state index contributed by atoms with van der Waals surface area (Å²) in [5, 5.41) is 6.90. The second-order valence-electron chi connectivity index (χ2n) is 21.0. The molecule has 6 heteroatoms. The van der Waals surface area contributed by atoms with Gasteiger partial charge in [-0.25, -0.2) is 19.9 Å². The molecule has 0 aliphatic rings. The molecule has 392 valence electrons. The van der Waals surface area contributed by atoms with E-state index in [9.17, 15) is 0 Å². The van der Waals surface area contributed by atoms with Crippen molar-refractivity contribution in [2.75, 3.05) is 0 Å². The molecule has 0 aliphatic carbocycles. The largest absolute Gasteiger partial charge is 0.264 e. The maximum Gasteiger partial charge on any atom is 0.161 e. The summed E-state index contributed by atoms with van der Waals surface area (Å²) in [5.74, 6) is 1.32. The first-order valence-electron chi connectivity index (χ1n) is 28.2. The Labute approximate surface area is 486 Å². The van der Waals surface area contributed by atoms with Crippen molar-refractivity contribution >= 4 is 32.3 Å². The number of nitrogens with zero attached hydrogens (tertiary/aromatic N) is 6. The molecule has 4 heterocycles. The summed E-state index contributed by atoms with van der Waals surface area (Å²) in [5.41, 5.74) is 20.3. The molecule has 0 spiro atoms. The Balaban J connectivity index is 0.832. The molecular weight excluding hydrogens is 1020 g/mol. The normalized spacial score (nSPS) is 11.3. The zero-order valence-corrected chi connectivity index (χ0v) is 45.6. The summed E-state index contributed by atoms with van der Waals surface area (Å²) >= 11 is 0. The van der Waals surface area contributed by atoms with Crippen molar-refractivity contribution in [3.63, 3.8) is 0 Å². The molecule has 0 N–H and O–H groups in total. The Morgan fingerprint density at radius 3 is 1.08 bits per heavy atom. The lowest BCUT2D eigenvalue weighted by atomic mass is 9.89. The van der Waals surface area contributed by atoms with Gasteiger partial charge < -0.3 is 0 Å². The first-order chi connectivity index (χ1) is 41.6. The molecule has 15 rings (SSSR count). The fourth-order valence-electron chi connectivity index (χ4n) is 11.8. The van der Waals surface area contributed by atoms with Crippen LogP contribution in [0.3, 0.4) is 0 Å². The lowest BCUT2D eigenvalue weighted by molar-refractivity contribution is 1.18.